The van der Waals surface area contributed by atoms with E-state index in [2.05, 4.69) is 5.32 Å². The van der Waals surface area contributed by atoms with E-state index in [0.717, 1.165) is 5.56 Å². The molecule has 1 amide bonds. The molecule has 0 saturated heterocycles. The molecule has 0 spiro atoms. The summed E-state index contributed by atoms with van der Waals surface area (Å²) in [7, 11) is 1.50. The number of methoxy groups -OCH3 is 1. The number of carboxylic acids is 1. The molecule has 24 heavy (non-hydrogen) atoms. The van der Waals surface area contributed by atoms with Crippen LogP contribution in [-0.2, 0) is 16.0 Å². The maximum absolute atomic E-state index is 11.8. The van der Waals surface area contributed by atoms with Gasteiger partial charge in [0.05, 0.1) is 7.11 Å². The average Bonchev–Trinajstić information content (AvgIpc) is 2.39. The van der Waals surface area contributed by atoms with Gasteiger partial charge in [-0.25, -0.2) is 9.59 Å². The standard InChI is InChI=1S/C17H25NO6/c1-9-7-13(19)11(10(2)14(9)23-6)8-12(15(20)21)18-16(22)24-17(3,4)5/h7,12,19H,8H2,1-6H3,(H,18,22)(H,20,21). The minimum absolute atomic E-state index is 0.0389. The third kappa shape index (κ3) is 5.04. The second kappa shape index (κ2) is 7.42. The number of carbonyl (C=O) groups excluding carboxylic acids is 1. The van der Waals surface area contributed by atoms with Gasteiger partial charge in [0.2, 0.25) is 0 Å². The molecule has 1 aromatic rings. The van der Waals surface area contributed by atoms with Crippen molar-refractivity contribution in [2.45, 2.75) is 52.7 Å². The number of aliphatic carboxylic acids is 1. The number of ether oxygens (including phenoxy) is 2. The molecule has 0 aliphatic rings. The zero-order chi connectivity index (χ0) is 18.7. The van der Waals surface area contributed by atoms with Gasteiger partial charge in [-0.3, -0.25) is 0 Å². The summed E-state index contributed by atoms with van der Waals surface area (Å²) in [6, 6.07) is 0.268. The number of aromatic hydroxyl groups is 1. The Labute approximate surface area is 141 Å². The van der Waals surface area contributed by atoms with Crippen molar-refractivity contribution >= 4 is 12.1 Å². The summed E-state index contributed by atoms with van der Waals surface area (Å²) < 4.78 is 10.4. The van der Waals surface area contributed by atoms with Gasteiger partial charge in [0, 0.05) is 12.0 Å². The van der Waals surface area contributed by atoms with Gasteiger partial charge >= 0.3 is 12.1 Å². The fraction of sp³-hybridized carbons (Fsp3) is 0.529. The summed E-state index contributed by atoms with van der Waals surface area (Å²) in [5.74, 6) is -0.688. The molecule has 0 aromatic heterocycles. The highest BCUT2D eigenvalue weighted by atomic mass is 16.6. The van der Waals surface area contributed by atoms with Crippen LogP contribution >= 0.6 is 0 Å². The Kier molecular flexibility index (Phi) is 6.06. The van der Waals surface area contributed by atoms with Crippen molar-refractivity contribution in [2.24, 2.45) is 0 Å². The Morgan fingerprint density at radius 1 is 1.29 bits per heavy atom. The van der Waals surface area contributed by atoms with E-state index in [0.29, 0.717) is 16.9 Å². The van der Waals surface area contributed by atoms with E-state index in [4.69, 9.17) is 9.47 Å². The smallest absolute Gasteiger partial charge is 0.408 e. The van der Waals surface area contributed by atoms with Crippen molar-refractivity contribution < 1.29 is 29.3 Å². The van der Waals surface area contributed by atoms with Gasteiger partial charge in [0.25, 0.3) is 0 Å². The van der Waals surface area contributed by atoms with Crippen LogP contribution in [0, 0.1) is 13.8 Å². The second-order valence-electron chi connectivity index (χ2n) is 6.59. The molecule has 0 fully saturated rings. The Hall–Kier alpha value is -2.44. The van der Waals surface area contributed by atoms with Crippen LogP contribution in [0.5, 0.6) is 11.5 Å². The van der Waals surface area contributed by atoms with Crippen LogP contribution in [0.15, 0.2) is 6.07 Å². The number of carbonyl (C=O) groups is 2. The fourth-order valence-corrected chi connectivity index (χ4v) is 2.41. The fourth-order valence-electron chi connectivity index (χ4n) is 2.41. The topological polar surface area (TPSA) is 105 Å². The first kappa shape index (κ1) is 19.6. The quantitative estimate of drug-likeness (QED) is 0.761. The van der Waals surface area contributed by atoms with Gasteiger partial charge in [0.15, 0.2) is 0 Å². The molecule has 1 unspecified atom stereocenters. The van der Waals surface area contributed by atoms with Crippen molar-refractivity contribution in [2.75, 3.05) is 7.11 Å². The number of hydrogen-bond donors (Lipinski definition) is 3. The number of benzene rings is 1. The average molecular weight is 339 g/mol. The maximum Gasteiger partial charge on any atom is 0.408 e. The Balaban J connectivity index is 3.06. The largest absolute Gasteiger partial charge is 0.508 e. The predicted molar refractivity (Wildman–Crippen MR) is 88.6 cm³/mol. The van der Waals surface area contributed by atoms with Crippen LogP contribution in [0.2, 0.25) is 0 Å². The molecule has 1 aromatic carbocycles. The zero-order valence-corrected chi connectivity index (χ0v) is 14.9. The lowest BCUT2D eigenvalue weighted by atomic mass is 9.96. The van der Waals surface area contributed by atoms with Gasteiger partial charge in [-0.2, -0.15) is 0 Å². The minimum atomic E-state index is -1.24. The molecule has 0 aliphatic carbocycles. The molecule has 0 aliphatic heterocycles. The van der Waals surface area contributed by atoms with E-state index in [1.165, 1.54) is 13.2 Å². The van der Waals surface area contributed by atoms with E-state index in [1.54, 1.807) is 34.6 Å². The summed E-state index contributed by atoms with van der Waals surface area (Å²) in [6.07, 6.45) is -0.922. The van der Waals surface area contributed by atoms with Crippen molar-refractivity contribution in [1.82, 2.24) is 5.32 Å². The third-order valence-corrected chi connectivity index (χ3v) is 3.42. The highest BCUT2D eigenvalue weighted by Crippen LogP contribution is 2.33. The van der Waals surface area contributed by atoms with E-state index >= 15 is 0 Å². The van der Waals surface area contributed by atoms with Crippen LogP contribution in [0.4, 0.5) is 4.79 Å². The maximum atomic E-state index is 11.8. The van der Waals surface area contributed by atoms with Crippen LogP contribution in [-0.4, -0.2) is 41.0 Å². The van der Waals surface area contributed by atoms with Crippen molar-refractivity contribution in [1.29, 1.82) is 0 Å². The first-order valence-electron chi connectivity index (χ1n) is 7.54. The van der Waals surface area contributed by atoms with Crippen molar-refractivity contribution in [3.8, 4) is 11.5 Å². The highest BCUT2D eigenvalue weighted by molar-refractivity contribution is 5.80. The first-order valence-corrected chi connectivity index (χ1v) is 7.54. The summed E-state index contributed by atoms with van der Waals surface area (Å²) in [5.41, 5.74) is 1.04. The number of aryl methyl sites for hydroxylation is 1. The van der Waals surface area contributed by atoms with Crippen molar-refractivity contribution in [3.05, 3.63) is 22.8 Å². The SMILES string of the molecule is COc1c(C)cc(O)c(CC(NC(=O)OC(C)(C)C)C(=O)O)c1C. The van der Waals surface area contributed by atoms with Gasteiger partial charge in [-0.1, -0.05) is 0 Å². The van der Waals surface area contributed by atoms with Crippen LogP contribution in [0.3, 0.4) is 0 Å². The van der Waals surface area contributed by atoms with Gasteiger partial charge < -0.3 is 25.0 Å². The van der Waals surface area contributed by atoms with Crippen LogP contribution < -0.4 is 10.1 Å². The molecular formula is C17H25NO6. The number of amides is 1. The monoisotopic (exact) mass is 339 g/mol. The molecule has 3 N–H and O–H groups in total. The summed E-state index contributed by atoms with van der Waals surface area (Å²) in [5, 5.41) is 21.8. The molecule has 0 saturated carbocycles. The van der Waals surface area contributed by atoms with Gasteiger partial charge in [-0.05, 0) is 51.8 Å². The lowest BCUT2D eigenvalue weighted by Gasteiger charge is -2.23. The number of phenolic OH excluding ortho intramolecular Hbond substituents is 1. The Morgan fingerprint density at radius 2 is 1.88 bits per heavy atom. The Morgan fingerprint density at radius 3 is 2.33 bits per heavy atom. The summed E-state index contributed by atoms with van der Waals surface area (Å²) >= 11 is 0. The van der Waals surface area contributed by atoms with E-state index < -0.39 is 23.7 Å². The number of carboxylic acid groups (broad SMARTS) is 1. The Bertz CT molecular complexity index is 633. The number of nitrogens with one attached hydrogen (secondary N) is 1. The minimum Gasteiger partial charge on any atom is -0.508 e. The van der Waals surface area contributed by atoms with E-state index in [-0.39, 0.29) is 12.2 Å². The molecule has 0 bridgehead atoms. The molecule has 7 nitrogen and oxygen atoms in total. The third-order valence-electron chi connectivity index (χ3n) is 3.42. The molecule has 0 heterocycles. The molecule has 1 atom stereocenters. The lowest BCUT2D eigenvalue weighted by Crippen LogP contribution is -2.44. The summed E-state index contributed by atoms with van der Waals surface area (Å²) in [6.45, 7) is 8.56. The highest BCUT2D eigenvalue weighted by Gasteiger charge is 2.26. The summed E-state index contributed by atoms with van der Waals surface area (Å²) in [4.78, 5) is 23.3. The van der Waals surface area contributed by atoms with Gasteiger partial charge in [0.1, 0.15) is 23.1 Å². The van der Waals surface area contributed by atoms with Crippen LogP contribution in [0.1, 0.15) is 37.5 Å². The lowest BCUT2D eigenvalue weighted by molar-refractivity contribution is -0.139. The normalized spacial score (nSPS) is 12.4. The van der Waals surface area contributed by atoms with E-state index in [9.17, 15) is 19.8 Å². The second-order valence-corrected chi connectivity index (χ2v) is 6.59. The van der Waals surface area contributed by atoms with Gasteiger partial charge in [-0.15, -0.1) is 0 Å². The molecule has 1 rings (SSSR count). The molecule has 0 radical (unpaired) electrons. The molecular weight excluding hydrogens is 314 g/mol. The first-order chi connectivity index (χ1) is 11.0. The van der Waals surface area contributed by atoms with E-state index in [1.807, 2.05) is 0 Å². The zero-order valence-electron chi connectivity index (χ0n) is 14.9. The van der Waals surface area contributed by atoms with Crippen LogP contribution in [0.25, 0.3) is 0 Å². The number of hydrogen-bond acceptors (Lipinski definition) is 5. The number of phenols is 1. The molecule has 7 heteroatoms. The number of alkyl carbamates (subject to hydrolysis) is 1. The van der Waals surface area contributed by atoms with Crippen molar-refractivity contribution in [3.63, 3.8) is 0 Å². The number of rotatable bonds is 5. The molecule has 134 valence electrons. The predicted octanol–water partition coefficient (Wildman–Crippen LogP) is 2.54.